The molecule has 2 N–H and O–H groups in total. The molecule has 0 radical (unpaired) electrons. The molecule has 0 aromatic heterocycles. The number of rotatable bonds is 7. The second kappa shape index (κ2) is 8.62. The molecular formula is C25H21NO4S. The molecular weight excluding hydrogens is 410 g/mol. The van der Waals surface area contributed by atoms with Crippen molar-refractivity contribution in [3.05, 3.63) is 108 Å². The van der Waals surface area contributed by atoms with Gasteiger partial charge in [0.25, 0.3) is 10.0 Å². The van der Waals surface area contributed by atoms with Crippen LogP contribution in [0, 0.1) is 0 Å². The van der Waals surface area contributed by atoms with Gasteiger partial charge in [0.1, 0.15) is 0 Å². The molecule has 0 aliphatic rings. The summed E-state index contributed by atoms with van der Waals surface area (Å²) in [6.45, 7) is 0. The number of hydrogen-bond acceptors (Lipinski definition) is 3. The van der Waals surface area contributed by atoms with Crippen molar-refractivity contribution < 1.29 is 18.3 Å². The zero-order valence-corrected chi connectivity index (χ0v) is 17.5. The van der Waals surface area contributed by atoms with Crippen molar-refractivity contribution in [2.24, 2.45) is 0 Å². The van der Waals surface area contributed by atoms with Crippen LogP contribution in [0.25, 0.3) is 10.8 Å². The summed E-state index contributed by atoms with van der Waals surface area (Å²) in [5.41, 5.74) is 2.63. The highest BCUT2D eigenvalue weighted by Crippen LogP contribution is 2.22. The molecule has 156 valence electrons. The molecule has 0 saturated carbocycles. The van der Waals surface area contributed by atoms with Crippen LogP contribution in [0.5, 0.6) is 0 Å². The van der Waals surface area contributed by atoms with Crippen molar-refractivity contribution >= 4 is 32.5 Å². The van der Waals surface area contributed by atoms with Crippen molar-refractivity contribution in [2.75, 3.05) is 4.72 Å². The topological polar surface area (TPSA) is 83.5 Å². The Morgan fingerprint density at radius 1 is 0.742 bits per heavy atom. The normalized spacial score (nSPS) is 11.4. The maximum atomic E-state index is 12.9. The van der Waals surface area contributed by atoms with E-state index in [0.717, 1.165) is 21.9 Å². The SMILES string of the molecule is O=C(O)c1cccc(CCc2cccc(NS(=O)(=O)c3ccc4ccccc4c3)c2)c1. The lowest BCUT2D eigenvalue weighted by atomic mass is 10.0. The second-order valence-corrected chi connectivity index (χ2v) is 9.00. The van der Waals surface area contributed by atoms with Crippen LogP contribution >= 0.6 is 0 Å². The lowest BCUT2D eigenvalue weighted by Crippen LogP contribution is -2.13. The van der Waals surface area contributed by atoms with E-state index in [1.807, 2.05) is 36.4 Å². The Hall–Kier alpha value is -3.64. The molecule has 0 fully saturated rings. The van der Waals surface area contributed by atoms with E-state index >= 15 is 0 Å². The summed E-state index contributed by atoms with van der Waals surface area (Å²) in [5, 5.41) is 11.0. The van der Waals surface area contributed by atoms with Gasteiger partial charge in [-0.1, -0.05) is 54.6 Å². The van der Waals surface area contributed by atoms with Crippen molar-refractivity contribution in [1.82, 2.24) is 0 Å². The number of carboxylic acids is 1. The quantitative estimate of drug-likeness (QED) is 0.425. The lowest BCUT2D eigenvalue weighted by molar-refractivity contribution is 0.0696. The lowest BCUT2D eigenvalue weighted by Gasteiger charge is -2.11. The van der Waals surface area contributed by atoms with Gasteiger partial charge in [0, 0.05) is 5.69 Å². The predicted octanol–water partition coefficient (Wildman–Crippen LogP) is 5.12. The van der Waals surface area contributed by atoms with Gasteiger partial charge in [0.05, 0.1) is 10.5 Å². The van der Waals surface area contributed by atoms with Crippen LogP contribution < -0.4 is 4.72 Å². The van der Waals surface area contributed by atoms with Crippen LogP contribution in [0.15, 0.2) is 95.9 Å². The molecule has 4 aromatic carbocycles. The number of nitrogens with one attached hydrogen (secondary N) is 1. The molecule has 0 spiro atoms. The highest BCUT2D eigenvalue weighted by atomic mass is 32.2. The molecule has 0 aliphatic heterocycles. The van der Waals surface area contributed by atoms with E-state index < -0.39 is 16.0 Å². The summed E-state index contributed by atoms with van der Waals surface area (Å²) < 4.78 is 28.4. The monoisotopic (exact) mass is 431 g/mol. The summed E-state index contributed by atoms with van der Waals surface area (Å²) in [7, 11) is -3.72. The van der Waals surface area contributed by atoms with Gasteiger partial charge in [0.15, 0.2) is 0 Å². The zero-order valence-electron chi connectivity index (χ0n) is 16.7. The van der Waals surface area contributed by atoms with E-state index in [9.17, 15) is 13.2 Å². The molecule has 4 rings (SSSR count). The number of aromatic carboxylic acids is 1. The van der Waals surface area contributed by atoms with E-state index in [-0.39, 0.29) is 10.5 Å². The van der Waals surface area contributed by atoms with E-state index in [1.54, 1.807) is 54.6 Å². The molecule has 0 aliphatic carbocycles. The molecule has 5 nitrogen and oxygen atoms in total. The Balaban J connectivity index is 1.49. The first kappa shape index (κ1) is 20.6. The Labute approximate surface area is 181 Å². The summed E-state index contributed by atoms with van der Waals surface area (Å²) in [4.78, 5) is 11.3. The van der Waals surface area contributed by atoms with E-state index in [1.165, 1.54) is 0 Å². The molecule has 0 heterocycles. The van der Waals surface area contributed by atoms with Gasteiger partial charge in [-0.2, -0.15) is 0 Å². The average molecular weight is 432 g/mol. The molecule has 6 heteroatoms. The van der Waals surface area contributed by atoms with Crippen molar-refractivity contribution in [3.63, 3.8) is 0 Å². The number of fused-ring (bicyclic) bond motifs is 1. The third-order valence-corrected chi connectivity index (χ3v) is 6.47. The number of carboxylic acid groups (broad SMARTS) is 1. The maximum Gasteiger partial charge on any atom is 0.335 e. The van der Waals surface area contributed by atoms with Crippen molar-refractivity contribution in [1.29, 1.82) is 0 Å². The van der Waals surface area contributed by atoms with Crippen LogP contribution in [-0.4, -0.2) is 19.5 Å². The molecule has 0 atom stereocenters. The van der Waals surface area contributed by atoms with Crippen LogP contribution in [-0.2, 0) is 22.9 Å². The smallest absolute Gasteiger partial charge is 0.335 e. The third kappa shape index (κ3) is 4.92. The Morgan fingerprint density at radius 3 is 2.16 bits per heavy atom. The standard InChI is InChI=1S/C25H21NO4S/c27-25(28)22-9-3-5-18(15-22)11-12-19-6-4-10-23(16-19)26-31(29,30)24-14-13-20-7-1-2-8-21(20)17-24/h1-10,13-17,26H,11-12H2,(H,27,28). The summed E-state index contributed by atoms with van der Waals surface area (Å²) in [6, 6.07) is 26.8. The largest absolute Gasteiger partial charge is 0.478 e. The van der Waals surface area contributed by atoms with E-state index in [0.29, 0.717) is 18.5 Å². The van der Waals surface area contributed by atoms with Gasteiger partial charge in [-0.3, -0.25) is 4.72 Å². The highest BCUT2D eigenvalue weighted by molar-refractivity contribution is 7.92. The summed E-state index contributed by atoms with van der Waals surface area (Å²) in [6.07, 6.45) is 1.32. The molecule has 4 aromatic rings. The summed E-state index contributed by atoms with van der Waals surface area (Å²) in [5.74, 6) is -0.952. The average Bonchev–Trinajstić information content (AvgIpc) is 2.77. The first-order chi connectivity index (χ1) is 14.9. The zero-order chi connectivity index (χ0) is 21.8. The number of hydrogen-bond donors (Lipinski definition) is 2. The first-order valence-corrected chi connectivity index (χ1v) is 11.3. The fourth-order valence-electron chi connectivity index (χ4n) is 3.49. The first-order valence-electron chi connectivity index (χ1n) is 9.83. The maximum absolute atomic E-state index is 12.9. The Kier molecular flexibility index (Phi) is 5.73. The minimum absolute atomic E-state index is 0.210. The number of anilines is 1. The van der Waals surface area contributed by atoms with Gasteiger partial charge >= 0.3 is 5.97 Å². The minimum Gasteiger partial charge on any atom is -0.478 e. The Morgan fingerprint density at radius 2 is 1.42 bits per heavy atom. The fraction of sp³-hybridized carbons (Fsp3) is 0.0800. The van der Waals surface area contributed by atoms with Crippen LogP contribution in [0.4, 0.5) is 5.69 Å². The predicted molar refractivity (Wildman–Crippen MR) is 122 cm³/mol. The van der Waals surface area contributed by atoms with Gasteiger partial charge in [-0.05, 0) is 71.1 Å². The van der Waals surface area contributed by atoms with Crippen LogP contribution in [0.1, 0.15) is 21.5 Å². The van der Waals surface area contributed by atoms with Crippen molar-refractivity contribution in [2.45, 2.75) is 17.7 Å². The van der Waals surface area contributed by atoms with E-state index in [4.69, 9.17) is 5.11 Å². The van der Waals surface area contributed by atoms with Crippen LogP contribution in [0.2, 0.25) is 0 Å². The number of carbonyl (C=O) groups is 1. The number of aryl methyl sites for hydroxylation is 2. The molecule has 0 saturated heterocycles. The Bertz CT molecular complexity index is 1360. The van der Waals surface area contributed by atoms with Gasteiger partial charge in [0.2, 0.25) is 0 Å². The highest BCUT2D eigenvalue weighted by Gasteiger charge is 2.15. The molecule has 0 amide bonds. The number of benzene rings is 4. The van der Waals surface area contributed by atoms with Gasteiger partial charge < -0.3 is 5.11 Å². The van der Waals surface area contributed by atoms with E-state index in [2.05, 4.69) is 4.72 Å². The molecule has 0 bridgehead atoms. The van der Waals surface area contributed by atoms with Crippen molar-refractivity contribution in [3.8, 4) is 0 Å². The van der Waals surface area contributed by atoms with Crippen LogP contribution in [0.3, 0.4) is 0 Å². The molecule has 31 heavy (non-hydrogen) atoms. The minimum atomic E-state index is -3.72. The van der Waals surface area contributed by atoms with Gasteiger partial charge in [-0.15, -0.1) is 0 Å². The van der Waals surface area contributed by atoms with Gasteiger partial charge in [-0.25, -0.2) is 13.2 Å². The fourth-order valence-corrected chi connectivity index (χ4v) is 4.57. The third-order valence-electron chi connectivity index (χ3n) is 5.09. The second-order valence-electron chi connectivity index (χ2n) is 7.32. The number of sulfonamides is 1. The summed E-state index contributed by atoms with van der Waals surface area (Å²) >= 11 is 0. The molecule has 0 unspecified atom stereocenters.